The maximum absolute atomic E-state index is 12.9. The Bertz CT molecular complexity index is 440. The van der Waals surface area contributed by atoms with Crippen LogP contribution in [0.15, 0.2) is 24.3 Å². The standard InChI is InChI=1S/C12H14FN3O/c1-9(2)16(7-6-14)12(17)15-11-5-3-4-10(13)8-11/h3-5,8-9H,7H2,1-2H3,(H,15,17). The number of hydrogen-bond donors (Lipinski definition) is 1. The third kappa shape index (κ3) is 3.76. The predicted octanol–water partition coefficient (Wildman–Crippen LogP) is 2.59. The van der Waals surface area contributed by atoms with Gasteiger partial charge in [-0.25, -0.2) is 9.18 Å². The first-order valence-electron chi connectivity index (χ1n) is 5.24. The Balaban J connectivity index is 2.74. The molecule has 0 atom stereocenters. The van der Waals surface area contributed by atoms with Gasteiger partial charge in [-0.2, -0.15) is 5.26 Å². The molecule has 1 N–H and O–H groups in total. The number of nitrogens with one attached hydrogen (secondary N) is 1. The molecule has 1 aromatic rings. The van der Waals surface area contributed by atoms with Gasteiger partial charge in [0.2, 0.25) is 0 Å². The van der Waals surface area contributed by atoms with Gasteiger partial charge in [-0.3, -0.25) is 0 Å². The molecule has 1 rings (SSSR count). The molecule has 2 amide bonds. The van der Waals surface area contributed by atoms with Gasteiger partial charge in [0.1, 0.15) is 12.4 Å². The highest BCUT2D eigenvalue weighted by Gasteiger charge is 2.16. The lowest BCUT2D eigenvalue weighted by atomic mass is 10.3. The first kappa shape index (κ1) is 13.0. The van der Waals surface area contributed by atoms with Crippen LogP contribution in [-0.2, 0) is 0 Å². The van der Waals surface area contributed by atoms with E-state index < -0.39 is 11.8 Å². The lowest BCUT2D eigenvalue weighted by Gasteiger charge is -2.24. The Kier molecular flexibility index (Phi) is 4.46. The Morgan fingerprint density at radius 3 is 2.82 bits per heavy atom. The number of nitrogens with zero attached hydrogens (tertiary/aromatic N) is 2. The number of amides is 2. The number of benzene rings is 1. The quantitative estimate of drug-likeness (QED) is 0.818. The summed E-state index contributed by atoms with van der Waals surface area (Å²) in [7, 11) is 0. The summed E-state index contributed by atoms with van der Waals surface area (Å²) >= 11 is 0. The molecule has 0 aliphatic rings. The molecule has 0 aromatic heterocycles. The van der Waals surface area contributed by atoms with Crippen molar-refractivity contribution in [2.24, 2.45) is 0 Å². The molecule has 0 bridgehead atoms. The molecule has 0 aliphatic heterocycles. The molecular weight excluding hydrogens is 221 g/mol. The second kappa shape index (κ2) is 5.85. The van der Waals surface area contributed by atoms with Gasteiger partial charge in [0, 0.05) is 11.7 Å². The van der Waals surface area contributed by atoms with E-state index in [0.717, 1.165) is 0 Å². The highest BCUT2D eigenvalue weighted by atomic mass is 19.1. The Morgan fingerprint density at radius 2 is 2.29 bits per heavy atom. The van der Waals surface area contributed by atoms with E-state index in [0.29, 0.717) is 5.69 Å². The van der Waals surface area contributed by atoms with Gasteiger partial charge < -0.3 is 10.2 Å². The van der Waals surface area contributed by atoms with Crippen LogP contribution in [0.4, 0.5) is 14.9 Å². The van der Waals surface area contributed by atoms with Crippen LogP contribution in [0.1, 0.15) is 13.8 Å². The van der Waals surface area contributed by atoms with Crippen molar-refractivity contribution in [1.29, 1.82) is 5.26 Å². The summed E-state index contributed by atoms with van der Waals surface area (Å²) in [5.74, 6) is -0.417. The molecule has 0 unspecified atom stereocenters. The van der Waals surface area contributed by atoms with Crippen molar-refractivity contribution in [3.8, 4) is 6.07 Å². The molecule has 0 radical (unpaired) electrons. The molecule has 0 saturated carbocycles. The SMILES string of the molecule is CC(C)N(CC#N)C(=O)Nc1cccc(F)c1. The molecule has 17 heavy (non-hydrogen) atoms. The van der Waals surface area contributed by atoms with Gasteiger partial charge in [0.15, 0.2) is 0 Å². The summed E-state index contributed by atoms with van der Waals surface area (Å²) in [4.78, 5) is 13.2. The van der Waals surface area contributed by atoms with Crippen LogP contribution in [0.3, 0.4) is 0 Å². The normalized spacial score (nSPS) is 9.82. The van der Waals surface area contributed by atoms with Crippen molar-refractivity contribution in [2.45, 2.75) is 19.9 Å². The van der Waals surface area contributed by atoms with Gasteiger partial charge >= 0.3 is 6.03 Å². The molecule has 4 nitrogen and oxygen atoms in total. The molecule has 0 heterocycles. The topological polar surface area (TPSA) is 56.1 Å². The number of rotatable bonds is 3. The third-order valence-electron chi connectivity index (χ3n) is 2.20. The van der Waals surface area contributed by atoms with Crippen molar-refractivity contribution in [3.05, 3.63) is 30.1 Å². The first-order chi connectivity index (χ1) is 8.04. The number of carbonyl (C=O) groups is 1. The van der Waals surface area contributed by atoms with Crippen LogP contribution < -0.4 is 5.32 Å². The molecule has 5 heteroatoms. The molecule has 0 fully saturated rings. The van der Waals surface area contributed by atoms with E-state index in [2.05, 4.69) is 5.32 Å². The van der Waals surface area contributed by atoms with Crippen LogP contribution in [0.25, 0.3) is 0 Å². The molecular formula is C12H14FN3O. The fourth-order valence-electron chi connectivity index (χ4n) is 1.33. The van der Waals surface area contributed by atoms with Crippen LogP contribution >= 0.6 is 0 Å². The molecule has 0 aliphatic carbocycles. The third-order valence-corrected chi connectivity index (χ3v) is 2.20. The van der Waals surface area contributed by atoms with E-state index in [1.165, 1.54) is 23.1 Å². The summed E-state index contributed by atoms with van der Waals surface area (Å²) in [5.41, 5.74) is 0.374. The van der Waals surface area contributed by atoms with E-state index in [1.54, 1.807) is 6.07 Å². The smallest absolute Gasteiger partial charge is 0.309 e. The summed E-state index contributed by atoms with van der Waals surface area (Å²) in [5, 5.41) is 11.2. The first-order valence-corrected chi connectivity index (χ1v) is 5.24. The van der Waals surface area contributed by atoms with Gasteiger partial charge in [0.25, 0.3) is 0 Å². The maximum Gasteiger partial charge on any atom is 0.322 e. The molecule has 0 spiro atoms. The van der Waals surface area contributed by atoms with E-state index >= 15 is 0 Å². The van der Waals surface area contributed by atoms with Crippen molar-refractivity contribution in [1.82, 2.24) is 4.90 Å². The second-order valence-corrected chi connectivity index (χ2v) is 3.82. The van der Waals surface area contributed by atoms with Gasteiger partial charge in [-0.1, -0.05) is 6.07 Å². The highest BCUT2D eigenvalue weighted by molar-refractivity contribution is 5.89. The highest BCUT2D eigenvalue weighted by Crippen LogP contribution is 2.10. The monoisotopic (exact) mass is 235 g/mol. The lowest BCUT2D eigenvalue weighted by Crippen LogP contribution is -2.40. The van der Waals surface area contributed by atoms with Crippen molar-refractivity contribution in [3.63, 3.8) is 0 Å². The van der Waals surface area contributed by atoms with Crippen molar-refractivity contribution >= 4 is 11.7 Å². The van der Waals surface area contributed by atoms with Crippen LogP contribution in [0.5, 0.6) is 0 Å². The number of nitriles is 1. The number of carbonyl (C=O) groups excluding carboxylic acids is 1. The van der Waals surface area contributed by atoms with E-state index in [-0.39, 0.29) is 12.6 Å². The summed E-state index contributed by atoms with van der Waals surface area (Å²) in [6.45, 7) is 3.61. The van der Waals surface area contributed by atoms with Gasteiger partial charge in [0.05, 0.1) is 6.07 Å². The van der Waals surface area contributed by atoms with Crippen LogP contribution in [0, 0.1) is 17.1 Å². The van der Waals surface area contributed by atoms with Crippen LogP contribution in [-0.4, -0.2) is 23.5 Å². The van der Waals surface area contributed by atoms with Crippen LogP contribution in [0.2, 0.25) is 0 Å². The zero-order valence-electron chi connectivity index (χ0n) is 9.77. The molecule has 1 aromatic carbocycles. The minimum Gasteiger partial charge on any atom is -0.309 e. The Labute approximate surface area is 99.7 Å². The fraction of sp³-hybridized carbons (Fsp3) is 0.333. The zero-order valence-corrected chi connectivity index (χ0v) is 9.77. The number of urea groups is 1. The summed E-state index contributed by atoms with van der Waals surface area (Å²) in [6.07, 6.45) is 0. The average molecular weight is 235 g/mol. The van der Waals surface area contributed by atoms with Gasteiger partial charge in [-0.05, 0) is 32.0 Å². The van der Waals surface area contributed by atoms with Crippen molar-refractivity contribution in [2.75, 3.05) is 11.9 Å². The fourth-order valence-corrected chi connectivity index (χ4v) is 1.33. The van der Waals surface area contributed by atoms with Crippen molar-refractivity contribution < 1.29 is 9.18 Å². The average Bonchev–Trinajstić information content (AvgIpc) is 2.25. The lowest BCUT2D eigenvalue weighted by molar-refractivity contribution is 0.205. The molecule has 0 saturated heterocycles. The summed E-state index contributed by atoms with van der Waals surface area (Å²) < 4.78 is 12.9. The maximum atomic E-state index is 12.9. The zero-order chi connectivity index (χ0) is 12.8. The van der Waals surface area contributed by atoms with E-state index in [9.17, 15) is 9.18 Å². The minimum atomic E-state index is -0.417. The number of halogens is 1. The number of hydrogen-bond acceptors (Lipinski definition) is 2. The predicted molar refractivity (Wildman–Crippen MR) is 62.9 cm³/mol. The van der Waals surface area contributed by atoms with E-state index in [4.69, 9.17) is 5.26 Å². The second-order valence-electron chi connectivity index (χ2n) is 3.82. The van der Waals surface area contributed by atoms with E-state index in [1.807, 2.05) is 19.9 Å². The van der Waals surface area contributed by atoms with Gasteiger partial charge in [-0.15, -0.1) is 0 Å². The number of anilines is 1. The molecule has 90 valence electrons. The largest absolute Gasteiger partial charge is 0.322 e. The summed E-state index contributed by atoms with van der Waals surface area (Å²) in [6, 6.07) is 7.03. The minimum absolute atomic E-state index is 0.00117. The Hall–Kier alpha value is -2.09. The Morgan fingerprint density at radius 1 is 1.59 bits per heavy atom.